The summed E-state index contributed by atoms with van der Waals surface area (Å²) < 4.78 is 68.5. The van der Waals surface area contributed by atoms with Crippen LogP contribution < -0.4 is 15.1 Å². The molecule has 3 rings (SSSR count). The molecule has 32 heavy (non-hydrogen) atoms. The Bertz CT molecular complexity index is 967. The Morgan fingerprint density at radius 3 is 2.03 bits per heavy atom. The molecule has 0 radical (unpaired) electrons. The maximum absolute atomic E-state index is 14.1. The van der Waals surface area contributed by atoms with Crippen LogP contribution in [-0.2, 0) is 4.79 Å². The lowest BCUT2D eigenvalue weighted by Gasteiger charge is -2.38. The first-order valence-electron chi connectivity index (χ1n) is 10.3. The van der Waals surface area contributed by atoms with Crippen molar-refractivity contribution in [2.24, 2.45) is 0 Å². The third kappa shape index (κ3) is 5.09. The fraction of sp³-hybridized carbons (Fsp3) is 0.409. The maximum atomic E-state index is 14.1. The van der Waals surface area contributed by atoms with Gasteiger partial charge in [0, 0.05) is 38.3 Å². The van der Waals surface area contributed by atoms with Gasteiger partial charge in [-0.25, -0.2) is 22.0 Å². The van der Waals surface area contributed by atoms with Crippen LogP contribution in [0.1, 0.15) is 32.6 Å². The molecule has 1 aliphatic rings. The van der Waals surface area contributed by atoms with E-state index in [1.54, 1.807) is 18.2 Å². The second-order valence-corrected chi connectivity index (χ2v) is 7.97. The zero-order valence-corrected chi connectivity index (χ0v) is 18.2. The monoisotopic (exact) mass is 475 g/mol. The lowest BCUT2D eigenvalue weighted by Crippen LogP contribution is -2.47. The smallest absolute Gasteiger partial charge is 0.224 e. The van der Waals surface area contributed by atoms with Gasteiger partial charge in [0.15, 0.2) is 23.3 Å². The van der Waals surface area contributed by atoms with Crippen LogP contribution in [0.4, 0.5) is 39.0 Å². The van der Waals surface area contributed by atoms with Crippen molar-refractivity contribution in [3.8, 4) is 0 Å². The summed E-state index contributed by atoms with van der Waals surface area (Å²) in [6, 6.07) is 5.04. The van der Waals surface area contributed by atoms with Crippen molar-refractivity contribution in [2.75, 3.05) is 41.3 Å². The van der Waals surface area contributed by atoms with E-state index in [1.807, 2.05) is 4.90 Å². The summed E-state index contributed by atoms with van der Waals surface area (Å²) >= 11 is 6.37. The number of piperazine rings is 1. The average molecular weight is 476 g/mol. The quantitative estimate of drug-likeness (QED) is 0.235. The molecule has 4 nitrogen and oxygen atoms in total. The number of hydrogen-bond donors (Lipinski definition) is 1. The SMILES string of the molecule is CCCCCC(=O)Nc1ccc(N2CCN(c3c(F)c(F)c(F)c(F)c3F)CC2)c(Cl)c1. The Morgan fingerprint density at radius 1 is 0.906 bits per heavy atom. The van der Waals surface area contributed by atoms with Gasteiger partial charge in [0.2, 0.25) is 11.7 Å². The molecule has 0 aromatic heterocycles. The number of benzene rings is 2. The highest BCUT2D eigenvalue weighted by Crippen LogP contribution is 2.33. The molecule has 0 saturated carbocycles. The van der Waals surface area contributed by atoms with E-state index in [0.717, 1.165) is 24.2 Å². The minimum Gasteiger partial charge on any atom is -0.367 e. The van der Waals surface area contributed by atoms with Gasteiger partial charge in [0.1, 0.15) is 5.69 Å². The third-order valence-electron chi connectivity index (χ3n) is 5.36. The molecule has 2 aromatic rings. The van der Waals surface area contributed by atoms with Gasteiger partial charge in [-0.2, -0.15) is 0 Å². The summed E-state index contributed by atoms with van der Waals surface area (Å²) in [5.74, 6) is -9.88. The zero-order valence-electron chi connectivity index (χ0n) is 17.5. The number of halogens is 6. The Labute approximate surface area is 187 Å². The number of rotatable bonds is 7. The van der Waals surface area contributed by atoms with Crippen LogP contribution in [0.2, 0.25) is 5.02 Å². The Kier molecular flexibility index (Phi) is 7.82. The van der Waals surface area contributed by atoms with E-state index < -0.39 is 34.8 Å². The highest BCUT2D eigenvalue weighted by Gasteiger charge is 2.31. The summed E-state index contributed by atoms with van der Waals surface area (Å²) in [5, 5.41) is 3.17. The maximum Gasteiger partial charge on any atom is 0.224 e. The van der Waals surface area contributed by atoms with E-state index in [1.165, 1.54) is 0 Å². The van der Waals surface area contributed by atoms with Gasteiger partial charge >= 0.3 is 0 Å². The fourth-order valence-electron chi connectivity index (χ4n) is 3.64. The topological polar surface area (TPSA) is 35.6 Å². The van der Waals surface area contributed by atoms with Crippen molar-refractivity contribution < 1.29 is 26.7 Å². The van der Waals surface area contributed by atoms with E-state index in [0.29, 0.717) is 22.8 Å². The van der Waals surface area contributed by atoms with Crippen molar-refractivity contribution in [3.63, 3.8) is 0 Å². The van der Waals surface area contributed by atoms with Crippen molar-refractivity contribution in [3.05, 3.63) is 52.3 Å². The second-order valence-electron chi connectivity index (χ2n) is 7.56. The fourth-order valence-corrected chi connectivity index (χ4v) is 3.94. The van der Waals surface area contributed by atoms with E-state index in [2.05, 4.69) is 12.2 Å². The standard InChI is InChI=1S/C22H23ClF5N3O/c1-2-3-4-5-16(32)29-13-6-7-15(14(23)12-13)30-8-10-31(11-9-30)22-20(27)18(25)17(24)19(26)21(22)28/h6-7,12H,2-5,8-11H2,1H3,(H,29,32). The summed E-state index contributed by atoms with van der Waals surface area (Å²) in [5.41, 5.74) is 0.279. The summed E-state index contributed by atoms with van der Waals surface area (Å²) in [4.78, 5) is 14.9. The number of carbonyl (C=O) groups excluding carboxylic acids is 1. The zero-order chi connectivity index (χ0) is 23.4. The van der Waals surface area contributed by atoms with Crippen LogP contribution in [0.5, 0.6) is 0 Å². The molecule has 1 N–H and O–H groups in total. The summed E-state index contributed by atoms with van der Waals surface area (Å²) in [6.07, 6.45) is 3.23. The minimum atomic E-state index is -2.17. The second kappa shape index (κ2) is 10.4. The van der Waals surface area contributed by atoms with E-state index in [9.17, 15) is 26.7 Å². The first-order chi connectivity index (χ1) is 15.2. The van der Waals surface area contributed by atoms with Gasteiger partial charge in [-0.15, -0.1) is 0 Å². The number of unbranched alkanes of at least 4 members (excludes halogenated alkanes) is 2. The first-order valence-corrected chi connectivity index (χ1v) is 10.7. The molecule has 1 heterocycles. The van der Waals surface area contributed by atoms with Crippen molar-refractivity contribution in [1.29, 1.82) is 0 Å². The minimum absolute atomic E-state index is 0.0323. The van der Waals surface area contributed by atoms with Gasteiger partial charge in [-0.05, 0) is 24.6 Å². The van der Waals surface area contributed by atoms with Crippen LogP contribution in [0.25, 0.3) is 0 Å². The number of nitrogens with zero attached hydrogens (tertiary/aromatic N) is 2. The van der Waals surface area contributed by atoms with Crippen LogP contribution in [0, 0.1) is 29.1 Å². The van der Waals surface area contributed by atoms with Gasteiger partial charge in [-0.3, -0.25) is 4.79 Å². The highest BCUT2D eigenvalue weighted by molar-refractivity contribution is 6.33. The lowest BCUT2D eigenvalue weighted by molar-refractivity contribution is -0.116. The molecule has 10 heteroatoms. The molecule has 2 aromatic carbocycles. The van der Waals surface area contributed by atoms with Crippen LogP contribution in [0.3, 0.4) is 0 Å². The third-order valence-corrected chi connectivity index (χ3v) is 5.66. The number of amides is 1. The van der Waals surface area contributed by atoms with Crippen LogP contribution in [-0.4, -0.2) is 32.1 Å². The first kappa shape index (κ1) is 24.1. The largest absolute Gasteiger partial charge is 0.367 e. The van der Waals surface area contributed by atoms with Gasteiger partial charge in [-0.1, -0.05) is 31.4 Å². The van der Waals surface area contributed by atoms with E-state index in [4.69, 9.17) is 11.6 Å². The average Bonchev–Trinajstić information content (AvgIpc) is 2.77. The van der Waals surface area contributed by atoms with Crippen molar-refractivity contribution in [2.45, 2.75) is 32.6 Å². The molecule has 174 valence electrons. The molecular weight excluding hydrogens is 453 g/mol. The molecular formula is C22H23ClF5N3O. The predicted molar refractivity (Wildman–Crippen MR) is 115 cm³/mol. The van der Waals surface area contributed by atoms with E-state index in [-0.39, 0.29) is 32.1 Å². The molecule has 1 aliphatic heterocycles. The lowest BCUT2D eigenvalue weighted by atomic mass is 10.1. The molecule has 1 amide bonds. The molecule has 0 atom stereocenters. The molecule has 0 spiro atoms. The van der Waals surface area contributed by atoms with Crippen LogP contribution in [0.15, 0.2) is 18.2 Å². The molecule has 1 saturated heterocycles. The number of anilines is 3. The predicted octanol–water partition coefficient (Wildman–Crippen LogP) is 5.88. The van der Waals surface area contributed by atoms with Crippen LogP contribution >= 0.6 is 11.6 Å². The molecule has 0 aliphatic carbocycles. The Morgan fingerprint density at radius 2 is 1.47 bits per heavy atom. The number of nitrogens with one attached hydrogen (secondary N) is 1. The van der Waals surface area contributed by atoms with Gasteiger partial charge in [0.25, 0.3) is 0 Å². The van der Waals surface area contributed by atoms with Gasteiger partial charge in [0.05, 0.1) is 10.7 Å². The highest BCUT2D eigenvalue weighted by atomic mass is 35.5. The van der Waals surface area contributed by atoms with Crippen molar-refractivity contribution >= 4 is 34.6 Å². The van der Waals surface area contributed by atoms with Gasteiger partial charge < -0.3 is 15.1 Å². The Balaban J connectivity index is 1.66. The molecule has 0 bridgehead atoms. The summed E-state index contributed by atoms with van der Waals surface area (Å²) in [7, 11) is 0. The normalized spacial score (nSPS) is 14.1. The Hall–Kier alpha value is -2.55. The van der Waals surface area contributed by atoms with Crippen molar-refractivity contribution in [1.82, 2.24) is 0 Å². The molecule has 1 fully saturated rings. The van der Waals surface area contributed by atoms with E-state index >= 15 is 0 Å². The molecule has 0 unspecified atom stereocenters. The number of hydrogen-bond acceptors (Lipinski definition) is 3. The summed E-state index contributed by atoms with van der Waals surface area (Å²) in [6.45, 7) is 2.62. The number of carbonyl (C=O) groups is 1.